The van der Waals surface area contributed by atoms with Crippen molar-refractivity contribution in [3.05, 3.63) is 103 Å². The Hall–Kier alpha value is -2.46. The van der Waals surface area contributed by atoms with Gasteiger partial charge in [-0.2, -0.15) is 0 Å². The summed E-state index contributed by atoms with van der Waals surface area (Å²) in [5.41, 5.74) is -5.64. The Labute approximate surface area is 269 Å². The number of benzene rings is 3. The number of rotatable bonds is 3. The van der Waals surface area contributed by atoms with E-state index in [9.17, 15) is 52.7 Å². The molecule has 0 aliphatic carbocycles. The molecule has 17 heteroatoms. The molecule has 0 amide bonds. The summed E-state index contributed by atoms with van der Waals surface area (Å²) in [7, 11) is 0. The minimum Gasteiger partial charge on any atom is -0.391 e. The molecule has 0 saturated carbocycles. The van der Waals surface area contributed by atoms with Crippen molar-refractivity contribution in [2.75, 3.05) is 0 Å². The van der Waals surface area contributed by atoms with Crippen LogP contribution in [-0.4, -0.2) is 26.0 Å². The molecule has 4 N–H and O–H groups in total. The quantitative estimate of drug-likeness (QED) is 0.174. The molecular weight excluding hydrogens is 720 g/mol. The van der Waals surface area contributed by atoms with Crippen molar-refractivity contribution in [3.63, 3.8) is 0 Å². The van der Waals surface area contributed by atoms with E-state index in [0.717, 1.165) is 20.8 Å². The number of halogens is 12. The summed E-state index contributed by atoms with van der Waals surface area (Å²) in [6, 6.07) is 0. The van der Waals surface area contributed by atoms with Crippen molar-refractivity contribution in [1.82, 2.24) is 0 Å². The van der Waals surface area contributed by atoms with E-state index in [0.29, 0.717) is 0 Å². The molecule has 3 aromatic carbocycles. The van der Waals surface area contributed by atoms with Crippen molar-refractivity contribution in [1.29, 1.82) is 0 Å². The van der Waals surface area contributed by atoms with E-state index in [4.69, 9.17) is 20.4 Å². The maximum absolute atomic E-state index is 12.8. The minimum absolute atomic E-state index is 0. The summed E-state index contributed by atoms with van der Waals surface area (Å²) in [4.78, 5) is 0. The number of aliphatic hydroxyl groups is 4. The van der Waals surface area contributed by atoms with Crippen LogP contribution in [0.1, 0.15) is 54.2 Å². The second-order valence-corrected chi connectivity index (χ2v) is 9.72. The Morgan fingerprint density at radius 3 is 0.578 bits per heavy atom. The third-order valence-electron chi connectivity index (χ3n) is 5.20. The zero-order chi connectivity index (χ0) is 35.0. The molecule has 3 rings (SSSR count). The fraction of sp³-hybridized carbons (Fsp3) is 0.357. The predicted octanol–water partition coefficient (Wildman–Crippen LogP) is 6.91. The van der Waals surface area contributed by atoms with E-state index in [1.165, 1.54) is 0 Å². The van der Waals surface area contributed by atoms with Crippen LogP contribution < -0.4 is 0 Å². The molecule has 0 aliphatic heterocycles. The van der Waals surface area contributed by atoms with Crippen LogP contribution in [-0.2, 0) is 46.0 Å². The largest absolute Gasteiger partial charge is 0.391 e. The van der Waals surface area contributed by atoms with Crippen molar-refractivity contribution >= 4 is 0 Å². The first-order chi connectivity index (χ1) is 20.0. The monoisotopic (exact) mass is 746 g/mol. The summed E-state index contributed by atoms with van der Waals surface area (Å²) in [6.45, 7) is 4.74. The number of hydrogen-bond acceptors (Lipinski definition) is 4. The van der Waals surface area contributed by atoms with Gasteiger partial charge in [-0.25, -0.2) is 52.7 Å². The van der Waals surface area contributed by atoms with Crippen molar-refractivity contribution < 1.29 is 99.3 Å². The fourth-order valence-corrected chi connectivity index (χ4v) is 2.78. The van der Waals surface area contributed by atoms with Gasteiger partial charge in [0.25, 0.3) is 0 Å². The molecule has 4 nitrogen and oxygen atoms in total. The molecule has 3 aromatic rings. The number of aliphatic hydroxyl groups excluding tert-OH is 3. The van der Waals surface area contributed by atoms with Crippen LogP contribution in [0.25, 0.3) is 0 Å². The molecule has 0 spiro atoms. The van der Waals surface area contributed by atoms with E-state index in [1.807, 2.05) is 0 Å². The second-order valence-electron chi connectivity index (χ2n) is 9.72. The van der Waals surface area contributed by atoms with Crippen molar-refractivity contribution in [3.8, 4) is 0 Å². The van der Waals surface area contributed by atoms with E-state index in [-0.39, 0.29) is 26.2 Å². The van der Waals surface area contributed by atoms with Crippen molar-refractivity contribution in [2.24, 2.45) is 0 Å². The zero-order valence-corrected chi connectivity index (χ0v) is 26.9. The summed E-state index contributed by atoms with van der Waals surface area (Å²) in [5.74, 6) is -18.1. The molecular formula is C28H28F12O4Zr. The zero-order valence-electron chi connectivity index (χ0n) is 24.4. The number of hydrogen-bond donors (Lipinski definition) is 4. The van der Waals surface area contributed by atoms with E-state index in [2.05, 4.69) is 0 Å². The molecule has 0 radical (unpaired) electrons. The molecule has 0 heterocycles. The maximum Gasteiger partial charge on any atom is 0.167 e. The van der Waals surface area contributed by atoms with Crippen LogP contribution >= 0.6 is 0 Å². The first-order valence-electron chi connectivity index (χ1n) is 12.0. The van der Waals surface area contributed by atoms with Crippen molar-refractivity contribution in [2.45, 2.75) is 67.0 Å². The van der Waals surface area contributed by atoms with Crippen LogP contribution in [0.15, 0.2) is 0 Å². The van der Waals surface area contributed by atoms with Gasteiger partial charge in [0, 0.05) is 42.9 Å². The normalized spacial score (nSPS) is 10.5. The van der Waals surface area contributed by atoms with Gasteiger partial charge in [0.2, 0.25) is 0 Å². The fourth-order valence-electron chi connectivity index (χ4n) is 2.78. The summed E-state index contributed by atoms with van der Waals surface area (Å²) >= 11 is 0. The minimum atomic E-state index is -1.54. The average molecular weight is 748 g/mol. The van der Waals surface area contributed by atoms with E-state index >= 15 is 0 Å². The Bertz CT molecular complexity index is 1220. The summed E-state index contributed by atoms with van der Waals surface area (Å²) < 4.78 is 153. The smallest absolute Gasteiger partial charge is 0.167 e. The average Bonchev–Trinajstić information content (AvgIpc) is 2.95. The first kappa shape index (κ1) is 44.7. The van der Waals surface area contributed by atoms with Crippen LogP contribution in [0, 0.1) is 90.6 Å². The Morgan fingerprint density at radius 2 is 0.489 bits per heavy atom. The van der Waals surface area contributed by atoms with Crippen LogP contribution in [0.4, 0.5) is 52.7 Å². The summed E-state index contributed by atoms with van der Waals surface area (Å²) in [5, 5.41) is 33.8. The van der Waals surface area contributed by atoms with Gasteiger partial charge in [0.15, 0.2) is 69.8 Å². The molecule has 0 saturated heterocycles. The Kier molecular flexibility index (Phi) is 18.5. The first-order valence-corrected chi connectivity index (χ1v) is 12.0. The summed E-state index contributed by atoms with van der Waals surface area (Å²) in [6.07, 6.45) is 0. The van der Waals surface area contributed by atoms with Gasteiger partial charge < -0.3 is 20.4 Å². The second kappa shape index (κ2) is 18.6. The standard InChI is InChI=1S/3C8H6F4O.C4H10O.Zr/c3*1-3-5(9)7(11)4(2-13)8(12)6(3)10;1-4(2,3)5;/h3*13H,2H2,1H3;5H,1-3H3;. The molecule has 0 unspecified atom stereocenters. The Morgan fingerprint density at radius 1 is 0.378 bits per heavy atom. The van der Waals surface area contributed by atoms with Gasteiger partial charge in [-0.3, -0.25) is 0 Å². The molecule has 45 heavy (non-hydrogen) atoms. The van der Waals surface area contributed by atoms with Gasteiger partial charge in [0.1, 0.15) is 0 Å². The Balaban J connectivity index is 0. The van der Waals surface area contributed by atoms with Gasteiger partial charge >= 0.3 is 0 Å². The molecule has 252 valence electrons. The molecule has 0 fully saturated rings. The predicted molar refractivity (Wildman–Crippen MR) is 133 cm³/mol. The van der Waals surface area contributed by atoms with Crippen LogP contribution in [0.5, 0.6) is 0 Å². The topological polar surface area (TPSA) is 80.9 Å². The van der Waals surface area contributed by atoms with Gasteiger partial charge in [-0.05, 0) is 41.5 Å². The van der Waals surface area contributed by atoms with Gasteiger partial charge in [0.05, 0.1) is 42.1 Å². The van der Waals surface area contributed by atoms with Gasteiger partial charge in [-0.15, -0.1) is 0 Å². The molecule has 0 aliphatic rings. The third kappa shape index (κ3) is 11.4. The van der Waals surface area contributed by atoms with Crippen LogP contribution in [0.3, 0.4) is 0 Å². The SMILES string of the molecule is CC(C)(C)O.Cc1c(F)c(F)c(CO)c(F)c1F.Cc1c(F)c(F)c(CO)c(F)c1F.Cc1c(F)c(F)c(CO)c(F)c1F.[Zr]. The molecule has 0 bridgehead atoms. The molecule has 0 atom stereocenters. The van der Waals surface area contributed by atoms with E-state index < -0.39 is 129 Å². The van der Waals surface area contributed by atoms with E-state index in [1.54, 1.807) is 20.8 Å². The van der Waals surface area contributed by atoms with Gasteiger partial charge in [-0.1, -0.05) is 0 Å². The molecule has 0 aromatic heterocycles. The van der Waals surface area contributed by atoms with Crippen LogP contribution in [0.2, 0.25) is 0 Å². The third-order valence-corrected chi connectivity index (χ3v) is 5.20. The maximum atomic E-state index is 12.8.